The van der Waals surface area contributed by atoms with Crippen LogP contribution in [0, 0.1) is 30.1 Å². The maximum absolute atomic E-state index is 12.5. The van der Waals surface area contributed by atoms with Gasteiger partial charge in [-0.2, -0.15) is 5.26 Å². The third kappa shape index (κ3) is 3.39. The van der Waals surface area contributed by atoms with Crippen molar-refractivity contribution in [1.82, 2.24) is 4.90 Å². The summed E-state index contributed by atoms with van der Waals surface area (Å²) in [5.41, 5.74) is 6.38. The second-order valence-electron chi connectivity index (χ2n) is 4.77. The van der Waals surface area contributed by atoms with Crippen molar-refractivity contribution < 1.29 is 4.79 Å². The zero-order valence-corrected chi connectivity index (χ0v) is 12.3. The Morgan fingerprint density at radius 2 is 2.35 bits per heavy atom. The second-order valence-corrected chi connectivity index (χ2v) is 5.82. The van der Waals surface area contributed by atoms with Gasteiger partial charge in [-0.05, 0) is 31.4 Å². The van der Waals surface area contributed by atoms with Crippen molar-refractivity contribution in [1.29, 1.82) is 5.26 Å². The van der Waals surface area contributed by atoms with E-state index in [0.717, 1.165) is 23.3 Å². The molecular formula is C15H17N3OS. The Balaban J connectivity index is 2.17. The van der Waals surface area contributed by atoms with Crippen molar-refractivity contribution in [3.8, 4) is 17.9 Å². The Labute approximate surface area is 123 Å². The summed E-state index contributed by atoms with van der Waals surface area (Å²) in [4.78, 5) is 16.0. The van der Waals surface area contributed by atoms with Gasteiger partial charge in [0.05, 0.1) is 28.8 Å². The molecule has 1 aliphatic carbocycles. The fraction of sp³-hybridized carbons (Fsp3) is 0.467. The lowest BCUT2D eigenvalue weighted by Gasteiger charge is -2.20. The molecule has 2 rings (SSSR count). The van der Waals surface area contributed by atoms with E-state index in [2.05, 4.69) is 17.9 Å². The van der Waals surface area contributed by atoms with Gasteiger partial charge in [0, 0.05) is 12.6 Å². The molecule has 0 spiro atoms. The first-order valence-corrected chi connectivity index (χ1v) is 7.46. The highest BCUT2D eigenvalue weighted by Gasteiger charge is 2.33. The minimum Gasteiger partial charge on any atom is -0.334 e. The molecule has 0 radical (unpaired) electrons. The van der Waals surface area contributed by atoms with Crippen LogP contribution in [0.4, 0.5) is 0 Å². The van der Waals surface area contributed by atoms with Crippen LogP contribution in [0.3, 0.4) is 0 Å². The number of nitrogens with zero attached hydrogens (tertiary/aromatic N) is 2. The number of amides is 1. The van der Waals surface area contributed by atoms with E-state index in [-0.39, 0.29) is 5.91 Å². The molecule has 0 aliphatic heterocycles. The Kier molecular flexibility index (Phi) is 4.79. The number of carbonyl (C=O) groups is 1. The highest BCUT2D eigenvalue weighted by atomic mass is 32.1. The molecular weight excluding hydrogens is 270 g/mol. The number of rotatable bonds is 4. The molecule has 104 valence electrons. The van der Waals surface area contributed by atoms with Crippen molar-refractivity contribution >= 4 is 17.2 Å². The van der Waals surface area contributed by atoms with Crippen LogP contribution >= 0.6 is 11.3 Å². The fourth-order valence-electron chi connectivity index (χ4n) is 1.99. The molecule has 0 atom stereocenters. The lowest BCUT2D eigenvalue weighted by Crippen LogP contribution is -2.33. The zero-order chi connectivity index (χ0) is 14.5. The lowest BCUT2D eigenvalue weighted by molar-refractivity contribution is 0.0751. The highest BCUT2D eigenvalue weighted by Crippen LogP contribution is 2.30. The Bertz CT molecular complexity index is 599. The van der Waals surface area contributed by atoms with Gasteiger partial charge < -0.3 is 10.6 Å². The molecule has 0 bridgehead atoms. The minimum absolute atomic E-state index is 0.0247. The molecule has 1 aromatic rings. The van der Waals surface area contributed by atoms with Crippen LogP contribution in [-0.2, 0) is 0 Å². The molecule has 5 heteroatoms. The van der Waals surface area contributed by atoms with Gasteiger partial charge in [-0.25, -0.2) is 0 Å². The first-order valence-electron chi connectivity index (χ1n) is 6.64. The summed E-state index contributed by atoms with van der Waals surface area (Å²) in [5.74, 6) is 5.84. The Hall–Kier alpha value is -1.82. The summed E-state index contributed by atoms with van der Waals surface area (Å²) < 4.78 is 0. The fourth-order valence-corrected chi connectivity index (χ4v) is 2.99. The number of hydrogen-bond acceptors (Lipinski definition) is 4. The summed E-state index contributed by atoms with van der Waals surface area (Å²) in [6, 6.07) is 4.31. The summed E-state index contributed by atoms with van der Waals surface area (Å²) in [7, 11) is 0. The number of nitrogens with two attached hydrogens (primary N) is 1. The van der Waals surface area contributed by atoms with Crippen LogP contribution < -0.4 is 5.73 Å². The van der Waals surface area contributed by atoms with Crippen molar-refractivity contribution in [2.45, 2.75) is 32.2 Å². The van der Waals surface area contributed by atoms with Gasteiger partial charge in [0.15, 0.2) is 0 Å². The summed E-state index contributed by atoms with van der Waals surface area (Å²) in [5, 5.41) is 8.70. The van der Waals surface area contributed by atoms with E-state index in [1.165, 1.54) is 11.3 Å². The molecule has 1 fully saturated rings. The van der Waals surface area contributed by atoms with Crippen LogP contribution in [-0.4, -0.2) is 29.9 Å². The monoisotopic (exact) mass is 287 g/mol. The first kappa shape index (κ1) is 14.6. The molecule has 1 aliphatic rings. The van der Waals surface area contributed by atoms with Crippen molar-refractivity contribution in [3.63, 3.8) is 0 Å². The third-order valence-corrected chi connectivity index (χ3v) is 4.29. The van der Waals surface area contributed by atoms with E-state index < -0.39 is 0 Å². The Morgan fingerprint density at radius 3 is 2.95 bits per heavy atom. The number of nitriles is 1. The number of aryl methyl sites for hydroxylation is 1. The van der Waals surface area contributed by atoms with Crippen molar-refractivity contribution in [2.24, 2.45) is 5.73 Å². The van der Waals surface area contributed by atoms with E-state index in [0.29, 0.717) is 30.4 Å². The van der Waals surface area contributed by atoms with Crippen LogP contribution in [0.25, 0.3) is 0 Å². The molecule has 0 unspecified atom stereocenters. The quantitative estimate of drug-likeness (QED) is 0.860. The van der Waals surface area contributed by atoms with Crippen LogP contribution in [0.2, 0.25) is 0 Å². The molecule has 20 heavy (non-hydrogen) atoms. The van der Waals surface area contributed by atoms with Gasteiger partial charge in [0.25, 0.3) is 5.91 Å². The predicted molar refractivity (Wildman–Crippen MR) is 79.3 cm³/mol. The summed E-state index contributed by atoms with van der Waals surface area (Å²) in [6.45, 7) is 2.78. The number of carbonyl (C=O) groups excluding carboxylic acids is 1. The first-order chi connectivity index (χ1) is 9.67. The van der Waals surface area contributed by atoms with E-state index in [1.54, 1.807) is 0 Å². The average Bonchev–Trinajstić information content (AvgIpc) is 3.20. The molecule has 0 saturated heterocycles. The van der Waals surface area contributed by atoms with Crippen LogP contribution in [0.1, 0.15) is 39.4 Å². The van der Waals surface area contributed by atoms with Gasteiger partial charge in [0.2, 0.25) is 0 Å². The summed E-state index contributed by atoms with van der Waals surface area (Å²) in [6.07, 6.45) is 2.47. The smallest absolute Gasteiger partial charge is 0.264 e. The van der Waals surface area contributed by atoms with Crippen molar-refractivity contribution in [3.05, 3.63) is 21.4 Å². The normalized spacial score (nSPS) is 13.2. The SMILES string of the molecule is Cc1cc(C(=O)N(CCC#N)C2CC2)sc1C#CCN. The number of thiophene rings is 1. The highest BCUT2D eigenvalue weighted by molar-refractivity contribution is 7.14. The average molecular weight is 287 g/mol. The minimum atomic E-state index is 0.0247. The molecule has 1 amide bonds. The summed E-state index contributed by atoms with van der Waals surface area (Å²) >= 11 is 1.41. The van der Waals surface area contributed by atoms with Crippen LogP contribution in [0.15, 0.2) is 6.07 Å². The van der Waals surface area contributed by atoms with E-state index >= 15 is 0 Å². The zero-order valence-electron chi connectivity index (χ0n) is 11.5. The molecule has 1 heterocycles. The predicted octanol–water partition coefficient (Wildman–Crippen LogP) is 1.89. The maximum Gasteiger partial charge on any atom is 0.264 e. The van der Waals surface area contributed by atoms with Gasteiger partial charge in [-0.1, -0.05) is 11.8 Å². The molecule has 1 saturated carbocycles. The molecule has 1 aromatic heterocycles. The van der Waals surface area contributed by atoms with E-state index in [4.69, 9.17) is 11.0 Å². The maximum atomic E-state index is 12.5. The van der Waals surface area contributed by atoms with Crippen molar-refractivity contribution in [2.75, 3.05) is 13.1 Å². The topological polar surface area (TPSA) is 70.1 Å². The van der Waals surface area contributed by atoms with Gasteiger partial charge in [-0.3, -0.25) is 4.79 Å². The standard InChI is InChI=1S/C15H17N3OS/c1-11-10-14(20-13(11)4-2-7-16)15(19)18(9-3-8-17)12-5-6-12/h10,12H,3,5-7,9,16H2,1H3. The lowest BCUT2D eigenvalue weighted by atomic mass is 10.2. The molecule has 4 nitrogen and oxygen atoms in total. The van der Waals surface area contributed by atoms with E-state index in [1.807, 2.05) is 17.9 Å². The molecule has 0 aromatic carbocycles. The Morgan fingerprint density at radius 1 is 1.60 bits per heavy atom. The third-order valence-electron chi connectivity index (χ3n) is 3.15. The largest absolute Gasteiger partial charge is 0.334 e. The van der Waals surface area contributed by atoms with Gasteiger partial charge in [-0.15, -0.1) is 11.3 Å². The second kappa shape index (κ2) is 6.56. The van der Waals surface area contributed by atoms with Crippen LogP contribution in [0.5, 0.6) is 0 Å². The van der Waals surface area contributed by atoms with E-state index in [9.17, 15) is 4.79 Å². The van der Waals surface area contributed by atoms with Gasteiger partial charge >= 0.3 is 0 Å². The molecule has 2 N–H and O–H groups in total. The number of hydrogen-bond donors (Lipinski definition) is 1. The van der Waals surface area contributed by atoms with Gasteiger partial charge in [0.1, 0.15) is 0 Å².